The van der Waals surface area contributed by atoms with Gasteiger partial charge in [0.05, 0.1) is 16.9 Å². The van der Waals surface area contributed by atoms with Crippen LogP contribution in [0.3, 0.4) is 0 Å². The average molecular weight is 336 g/mol. The number of halogens is 2. The molecule has 4 heteroatoms. The van der Waals surface area contributed by atoms with Gasteiger partial charge in [-0.05, 0) is 38.5 Å². The number of rotatable bonds is 1. The van der Waals surface area contributed by atoms with Crippen LogP contribution in [-0.2, 0) is 5.92 Å². The van der Waals surface area contributed by atoms with Crippen molar-refractivity contribution in [1.82, 2.24) is 4.98 Å². The molecule has 1 aromatic heterocycles. The molecule has 2 heterocycles. The molecule has 0 amide bonds. The highest BCUT2D eigenvalue weighted by Crippen LogP contribution is 2.47. The average Bonchev–Trinajstić information content (AvgIpc) is 2.58. The van der Waals surface area contributed by atoms with Crippen molar-refractivity contribution in [2.45, 2.75) is 32.2 Å². The summed E-state index contributed by atoms with van der Waals surface area (Å²) in [4.78, 5) is 9.10. The predicted molar refractivity (Wildman–Crippen MR) is 96.5 cm³/mol. The summed E-state index contributed by atoms with van der Waals surface area (Å²) in [7, 11) is 0. The van der Waals surface area contributed by atoms with E-state index in [4.69, 9.17) is 0 Å². The first-order chi connectivity index (χ1) is 11.8. The lowest BCUT2D eigenvalue weighted by atomic mass is 9.80. The molecule has 0 fully saturated rings. The number of pyridine rings is 1. The third-order valence-corrected chi connectivity index (χ3v) is 4.84. The third kappa shape index (κ3) is 2.28. The van der Waals surface area contributed by atoms with E-state index in [1.165, 1.54) is 13.8 Å². The molecule has 0 unspecified atom stereocenters. The van der Waals surface area contributed by atoms with E-state index < -0.39 is 11.5 Å². The van der Waals surface area contributed by atoms with Crippen LogP contribution in [0.15, 0.2) is 59.6 Å². The van der Waals surface area contributed by atoms with Crippen molar-refractivity contribution in [3.63, 3.8) is 0 Å². The largest absolute Gasteiger partial charge is 0.298 e. The van der Waals surface area contributed by atoms with Gasteiger partial charge in [0.25, 0.3) is 5.92 Å². The minimum absolute atomic E-state index is 0.0555. The first kappa shape index (κ1) is 15.9. The van der Waals surface area contributed by atoms with Gasteiger partial charge in [-0.2, -0.15) is 8.78 Å². The first-order valence-electron chi connectivity index (χ1n) is 8.25. The number of aromatic nitrogens is 1. The molecule has 0 saturated carbocycles. The zero-order valence-electron chi connectivity index (χ0n) is 14.3. The summed E-state index contributed by atoms with van der Waals surface area (Å²) in [6, 6.07) is 16.8. The molecule has 2 aromatic carbocycles. The van der Waals surface area contributed by atoms with Crippen LogP contribution in [0, 0.1) is 6.92 Å². The number of nitrogens with zero attached hydrogens (tertiary/aromatic N) is 2. The fraction of sp³-hybridized carbons (Fsp3) is 0.238. The van der Waals surface area contributed by atoms with E-state index in [9.17, 15) is 0 Å². The number of aryl methyl sites for hydroxylation is 1. The van der Waals surface area contributed by atoms with E-state index in [0.29, 0.717) is 22.5 Å². The number of alkyl halides is 2. The van der Waals surface area contributed by atoms with E-state index in [0.717, 1.165) is 10.9 Å². The van der Waals surface area contributed by atoms with Gasteiger partial charge >= 0.3 is 0 Å². The molecule has 0 saturated heterocycles. The van der Waals surface area contributed by atoms with Crippen LogP contribution < -0.4 is 0 Å². The minimum Gasteiger partial charge on any atom is -0.270 e. The number of fused-ring (bicyclic) bond motifs is 2. The quantitative estimate of drug-likeness (QED) is 0.595. The fourth-order valence-electron chi connectivity index (χ4n) is 3.39. The molecule has 1 aliphatic rings. The Bertz CT molecular complexity index is 1020. The van der Waals surface area contributed by atoms with Crippen LogP contribution in [-0.4, -0.2) is 16.2 Å². The first-order valence-corrected chi connectivity index (χ1v) is 8.25. The van der Waals surface area contributed by atoms with Gasteiger partial charge in [0, 0.05) is 16.5 Å². The van der Waals surface area contributed by atoms with Crippen LogP contribution in [0.4, 0.5) is 8.78 Å². The molecule has 0 atom stereocenters. The van der Waals surface area contributed by atoms with Crippen LogP contribution >= 0.6 is 0 Å². The highest BCUT2D eigenvalue weighted by molar-refractivity contribution is 6.14. The Kier molecular flexibility index (Phi) is 3.29. The van der Waals surface area contributed by atoms with E-state index in [1.54, 1.807) is 25.1 Å². The Labute approximate surface area is 145 Å². The molecular weight excluding hydrogens is 318 g/mol. The van der Waals surface area contributed by atoms with Crippen molar-refractivity contribution in [3.05, 3.63) is 77.0 Å². The highest BCUT2D eigenvalue weighted by Gasteiger charge is 2.53. The number of para-hydroxylation sites is 1. The summed E-state index contributed by atoms with van der Waals surface area (Å²) in [5, 5.41) is 1.01. The molecule has 1 aliphatic heterocycles. The summed E-state index contributed by atoms with van der Waals surface area (Å²) in [5.74, 6) is -3.03. The molecule has 0 bridgehead atoms. The van der Waals surface area contributed by atoms with E-state index in [1.807, 2.05) is 36.4 Å². The Balaban J connectivity index is 2.00. The minimum atomic E-state index is -3.03. The lowest BCUT2D eigenvalue weighted by Gasteiger charge is -2.38. The van der Waals surface area contributed by atoms with Gasteiger partial charge in [-0.15, -0.1) is 0 Å². The van der Waals surface area contributed by atoms with Gasteiger partial charge in [-0.3, -0.25) is 4.99 Å². The number of hydrogen-bond acceptors (Lipinski definition) is 2. The SMILES string of the molecule is Cc1cccc2c1C(F)(F)C(C)(C)N=C2c1ccc2ccccc2n1. The lowest BCUT2D eigenvalue weighted by Crippen LogP contribution is -2.44. The molecule has 4 rings (SSSR count). The van der Waals surface area contributed by atoms with E-state index in [-0.39, 0.29) is 5.56 Å². The summed E-state index contributed by atoms with van der Waals surface area (Å²) in [6.45, 7) is 4.67. The second-order valence-corrected chi connectivity index (χ2v) is 6.98. The van der Waals surface area contributed by atoms with E-state index >= 15 is 8.78 Å². The third-order valence-electron chi connectivity index (χ3n) is 4.84. The summed E-state index contributed by atoms with van der Waals surface area (Å²) in [5.41, 5.74) is 1.53. The molecule has 0 N–H and O–H groups in total. The monoisotopic (exact) mass is 336 g/mol. The number of hydrogen-bond donors (Lipinski definition) is 0. The Morgan fingerprint density at radius 2 is 1.64 bits per heavy atom. The van der Waals surface area contributed by atoms with Gasteiger partial charge in [0.1, 0.15) is 5.54 Å². The van der Waals surface area contributed by atoms with Crippen LogP contribution in [0.2, 0.25) is 0 Å². The summed E-state index contributed by atoms with van der Waals surface area (Å²) < 4.78 is 30.1. The molecule has 0 spiro atoms. The molecule has 0 aliphatic carbocycles. The molecule has 0 radical (unpaired) electrons. The van der Waals surface area contributed by atoms with Gasteiger partial charge < -0.3 is 0 Å². The van der Waals surface area contributed by atoms with Crippen molar-refractivity contribution in [3.8, 4) is 0 Å². The highest BCUT2D eigenvalue weighted by atomic mass is 19.3. The van der Waals surface area contributed by atoms with Crippen molar-refractivity contribution in [2.24, 2.45) is 4.99 Å². The smallest absolute Gasteiger partial charge is 0.270 e. The Morgan fingerprint density at radius 3 is 2.44 bits per heavy atom. The summed E-state index contributed by atoms with van der Waals surface area (Å²) >= 11 is 0. The maximum Gasteiger partial charge on any atom is 0.298 e. The van der Waals surface area contributed by atoms with Gasteiger partial charge in [0.15, 0.2) is 0 Å². The molecule has 25 heavy (non-hydrogen) atoms. The van der Waals surface area contributed by atoms with Crippen molar-refractivity contribution in [2.75, 3.05) is 0 Å². The van der Waals surface area contributed by atoms with Gasteiger partial charge in [-0.1, -0.05) is 42.5 Å². The predicted octanol–water partition coefficient (Wildman–Crippen LogP) is 5.26. The van der Waals surface area contributed by atoms with Crippen molar-refractivity contribution < 1.29 is 8.78 Å². The topological polar surface area (TPSA) is 25.2 Å². The zero-order valence-corrected chi connectivity index (χ0v) is 14.3. The second-order valence-electron chi connectivity index (χ2n) is 6.98. The maximum atomic E-state index is 15.1. The number of benzene rings is 2. The van der Waals surface area contributed by atoms with Crippen LogP contribution in [0.5, 0.6) is 0 Å². The molecule has 126 valence electrons. The summed E-state index contributed by atoms with van der Waals surface area (Å²) in [6.07, 6.45) is 0. The van der Waals surface area contributed by atoms with Crippen molar-refractivity contribution >= 4 is 16.6 Å². The lowest BCUT2D eigenvalue weighted by molar-refractivity contribution is -0.0687. The van der Waals surface area contributed by atoms with Crippen LogP contribution in [0.25, 0.3) is 10.9 Å². The molecular formula is C21H18F2N2. The number of aliphatic imine (C=N–C) groups is 1. The maximum absolute atomic E-state index is 15.1. The fourth-order valence-corrected chi connectivity index (χ4v) is 3.39. The van der Waals surface area contributed by atoms with Crippen molar-refractivity contribution in [1.29, 1.82) is 0 Å². The zero-order chi connectivity index (χ0) is 17.8. The van der Waals surface area contributed by atoms with Crippen LogP contribution in [0.1, 0.15) is 36.2 Å². The second kappa shape index (κ2) is 5.19. The Morgan fingerprint density at radius 1 is 0.880 bits per heavy atom. The molecule has 2 nitrogen and oxygen atoms in total. The standard InChI is InChI=1S/C21H18F2N2/c1-13-7-6-9-15-18(13)21(22,23)20(2,3)25-19(15)17-12-11-14-8-4-5-10-16(14)24-17/h4-12H,1-3H3. The van der Waals surface area contributed by atoms with Gasteiger partial charge in [0.2, 0.25) is 0 Å². The van der Waals surface area contributed by atoms with E-state index in [2.05, 4.69) is 9.98 Å². The normalized spacial score (nSPS) is 17.9. The molecule has 3 aromatic rings. The van der Waals surface area contributed by atoms with Gasteiger partial charge in [-0.25, -0.2) is 4.98 Å². The Hall–Kier alpha value is -2.62.